The number of hydrogen-bond donors (Lipinski definition) is 0. The van der Waals surface area contributed by atoms with Gasteiger partial charge in [-0.05, 0) is 21.5 Å². The standard InChI is InChI=1S/C8HClF6N2O4/c9-5(18)3-2(7(10,11)12)1-16-6(17(19)20)4(3)21-8(13,14)15/h1H. The van der Waals surface area contributed by atoms with Crippen molar-refractivity contribution in [2.24, 2.45) is 0 Å². The Morgan fingerprint density at radius 2 is 1.81 bits per heavy atom. The maximum Gasteiger partial charge on any atom is 0.573 e. The van der Waals surface area contributed by atoms with Gasteiger partial charge in [0.2, 0.25) is 5.75 Å². The fourth-order valence-corrected chi connectivity index (χ4v) is 1.42. The zero-order valence-corrected chi connectivity index (χ0v) is 10.0. The van der Waals surface area contributed by atoms with Crippen LogP contribution in [0.4, 0.5) is 32.2 Å². The number of nitrogens with zero attached hydrogens (tertiary/aromatic N) is 2. The summed E-state index contributed by atoms with van der Waals surface area (Å²) < 4.78 is 77.3. The first kappa shape index (κ1) is 16.9. The van der Waals surface area contributed by atoms with E-state index in [1.54, 1.807) is 0 Å². The highest BCUT2D eigenvalue weighted by atomic mass is 35.5. The molecule has 116 valence electrons. The van der Waals surface area contributed by atoms with Gasteiger partial charge in [-0.15, -0.1) is 13.2 Å². The number of hydrogen-bond acceptors (Lipinski definition) is 5. The summed E-state index contributed by atoms with van der Waals surface area (Å²) in [4.78, 5) is 22.5. The Kier molecular flexibility index (Phi) is 4.32. The van der Waals surface area contributed by atoms with Crippen molar-refractivity contribution in [1.82, 2.24) is 4.98 Å². The molecule has 6 nitrogen and oxygen atoms in total. The van der Waals surface area contributed by atoms with E-state index in [9.17, 15) is 41.3 Å². The quantitative estimate of drug-likeness (QED) is 0.365. The second-order valence-corrected chi connectivity index (χ2v) is 3.62. The summed E-state index contributed by atoms with van der Waals surface area (Å²) in [5.41, 5.74) is -3.84. The molecule has 0 saturated carbocycles. The highest BCUT2D eigenvalue weighted by molar-refractivity contribution is 6.68. The maximum absolute atomic E-state index is 12.6. The zero-order valence-electron chi connectivity index (χ0n) is 9.25. The molecule has 1 aromatic rings. The van der Waals surface area contributed by atoms with Crippen LogP contribution in [0.15, 0.2) is 6.20 Å². The van der Waals surface area contributed by atoms with Crippen LogP contribution in [0.3, 0.4) is 0 Å². The van der Waals surface area contributed by atoms with Gasteiger partial charge in [0.25, 0.3) is 5.24 Å². The van der Waals surface area contributed by atoms with Gasteiger partial charge in [0.05, 0.1) is 0 Å². The predicted molar refractivity (Wildman–Crippen MR) is 52.8 cm³/mol. The van der Waals surface area contributed by atoms with Crippen LogP contribution in [0.5, 0.6) is 5.75 Å². The van der Waals surface area contributed by atoms with Crippen LogP contribution in [0.25, 0.3) is 0 Å². The van der Waals surface area contributed by atoms with Gasteiger partial charge >= 0.3 is 18.4 Å². The number of ether oxygens (including phenoxy) is 1. The number of pyridine rings is 1. The van der Waals surface area contributed by atoms with Crippen LogP contribution >= 0.6 is 11.6 Å². The number of halogens is 7. The lowest BCUT2D eigenvalue weighted by atomic mass is 10.1. The minimum Gasteiger partial charge on any atom is -0.396 e. The third-order valence-corrected chi connectivity index (χ3v) is 2.10. The average Bonchev–Trinajstić information content (AvgIpc) is 2.23. The first-order chi connectivity index (χ1) is 9.34. The average molecular weight is 339 g/mol. The minimum atomic E-state index is -5.60. The first-order valence-electron chi connectivity index (χ1n) is 4.54. The van der Waals surface area contributed by atoms with E-state index < -0.39 is 45.4 Å². The molecule has 1 rings (SSSR count). The smallest absolute Gasteiger partial charge is 0.396 e. The van der Waals surface area contributed by atoms with E-state index in [4.69, 9.17) is 11.6 Å². The SMILES string of the molecule is O=C(Cl)c1c(C(F)(F)F)cnc([N+](=O)[O-])c1OC(F)(F)F. The molecule has 13 heteroatoms. The largest absolute Gasteiger partial charge is 0.573 e. The van der Waals surface area contributed by atoms with Crippen molar-refractivity contribution in [3.8, 4) is 5.75 Å². The molecule has 21 heavy (non-hydrogen) atoms. The number of carbonyl (C=O) groups excluding carboxylic acids is 1. The van der Waals surface area contributed by atoms with Crippen LogP contribution in [0, 0.1) is 10.1 Å². The van der Waals surface area contributed by atoms with E-state index in [1.807, 2.05) is 0 Å². The topological polar surface area (TPSA) is 82.3 Å². The van der Waals surface area contributed by atoms with Gasteiger partial charge in [-0.3, -0.25) is 4.79 Å². The second kappa shape index (κ2) is 5.35. The third-order valence-electron chi connectivity index (χ3n) is 1.91. The molecule has 1 heterocycles. The van der Waals surface area contributed by atoms with E-state index in [-0.39, 0.29) is 6.20 Å². The van der Waals surface area contributed by atoms with Gasteiger partial charge in [-0.2, -0.15) is 13.2 Å². The molecule has 0 radical (unpaired) electrons. The monoisotopic (exact) mass is 338 g/mol. The molecule has 0 aliphatic heterocycles. The van der Waals surface area contributed by atoms with Gasteiger partial charge in [-0.1, -0.05) is 0 Å². The molecular weight excluding hydrogens is 338 g/mol. The predicted octanol–water partition coefficient (Wildman–Crippen LogP) is 3.29. The van der Waals surface area contributed by atoms with Crippen molar-refractivity contribution in [3.63, 3.8) is 0 Å². The summed E-state index contributed by atoms with van der Waals surface area (Å²) in [5.74, 6) is -3.76. The van der Waals surface area contributed by atoms with E-state index in [1.165, 1.54) is 0 Å². The highest BCUT2D eigenvalue weighted by Crippen LogP contribution is 2.41. The first-order valence-corrected chi connectivity index (χ1v) is 4.92. The van der Waals surface area contributed by atoms with Crippen LogP contribution in [0.1, 0.15) is 15.9 Å². The third kappa shape index (κ3) is 3.93. The molecule has 0 spiro atoms. The molecule has 0 aromatic carbocycles. The number of aromatic nitrogens is 1. The Bertz CT molecular complexity index is 600. The lowest BCUT2D eigenvalue weighted by Gasteiger charge is -2.14. The van der Waals surface area contributed by atoms with Crippen molar-refractivity contribution in [3.05, 3.63) is 27.4 Å². The zero-order chi connectivity index (χ0) is 16.6. The van der Waals surface area contributed by atoms with Gasteiger partial charge in [0.1, 0.15) is 11.1 Å². The van der Waals surface area contributed by atoms with Gasteiger partial charge in [0.15, 0.2) is 6.20 Å². The van der Waals surface area contributed by atoms with Crippen molar-refractivity contribution in [2.75, 3.05) is 0 Å². The van der Waals surface area contributed by atoms with Gasteiger partial charge < -0.3 is 14.9 Å². The summed E-state index contributed by atoms with van der Waals surface area (Å²) in [7, 11) is 0. The molecule has 0 aliphatic carbocycles. The summed E-state index contributed by atoms with van der Waals surface area (Å²) in [6, 6.07) is 0. The molecule has 0 aliphatic rings. The summed E-state index contributed by atoms with van der Waals surface area (Å²) in [5, 5.41) is 8.48. The van der Waals surface area contributed by atoms with E-state index in [0.717, 1.165) is 0 Å². The van der Waals surface area contributed by atoms with Gasteiger partial charge in [-0.25, -0.2) is 0 Å². The Labute approximate surface area is 115 Å². The fourth-order valence-electron chi connectivity index (χ4n) is 1.24. The summed E-state index contributed by atoms with van der Waals surface area (Å²) in [6.07, 6.45) is -11.1. The minimum absolute atomic E-state index is 0.184. The van der Waals surface area contributed by atoms with Crippen molar-refractivity contribution < 1.29 is 40.8 Å². The lowest BCUT2D eigenvalue weighted by Crippen LogP contribution is -2.22. The van der Waals surface area contributed by atoms with E-state index >= 15 is 0 Å². The number of carbonyl (C=O) groups is 1. The number of nitro groups is 1. The maximum atomic E-state index is 12.6. The molecular formula is C8HClF6N2O4. The fraction of sp³-hybridized carbons (Fsp3) is 0.250. The molecule has 0 fully saturated rings. The Hall–Kier alpha value is -2.11. The van der Waals surface area contributed by atoms with Crippen molar-refractivity contribution >= 4 is 22.7 Å². The molecule has 0 amide bonds. The highest BCUT2D eigenvalue weighted by Gasteiger charge is 2.45. The Morgan fingerprint density at radius 3 is 2.14 bits per heavy atom. The number of alkyl halides is 6. The van der Waals surface area contributed by atoms with Crippen LogP contribution < -0.4 is 4.74 Å². The molecule has 1 aromatic heterocycles. The summed E-state index contributed by atoms with van der Waals surface area (Å²) in [6.45, 7) is 0. The van der Waals surface area contributed by atoms with Gasteiger partial charge in [0, 0.05) is 0 Å². The molecule has 0 N–H and O–H groups in total. The Balaban J connectivity index is 3.74. The normalized spacial score (nSPS) is 12.1. The van der Waals surface area contributed by atoms with Crippen LogP contribution in [-0.4, -0.2) is 21.5 Å². The lowest BCUT2D eigenvalue weighted by molar-refractivity contribution is -0.393. The number of rotatable bonds is 3. The Morgan fingerprint density at radius 1 is 1.29 bits per heavy atom. The van der Waals surface area contributed by atoms with Crippen molar-refractivity contribution in [2.45, 2.75) is 12.5 Å². The summed E-state index contributed by atoms with van der Waals surface area (Å²) >= 11 is 4.79. The van der Waals surface area contributed by atoms with Crippen molar-refractivity contribution in [1.29, 1.82) is 0 Å². The molecule has 0 saturated heterocycles. The van der Waals surface area contributed by atoms with Crippen LogP contribution in [-0.2, 0) is 6.18 Å². The second-order valence-electron chi connectivity index (χ2n) is 3.28. The van der Waals surface area contributed by atoms with E-state index in [0.29, 0.717) is 0 Å². The molecule has 0 unspecified atom stereocenters. The molecule has 0 atom stereocenters. The molecule has 0 bridgehead atoms. The van der Waals surface area contributed by atoms with E-state index in [2.05, 4.69) is 9.72 Å². The van der Waals surface area contributed by atoms with Crippen LogP contribution in [0.2, 0.25) is 0 Å².